The van der Waals surface area contributed by atoms with Gasteiger partial charge in [-0.1, -0.05) is 0 Å². The predicted octanol–water partition coefficient (Wildman–Crippen LogP) is 3.36. The maximum Gasteiger partial charge on any atom is 0.407 e. The van der Waals surface area contributed by atoms with Crippen LogP contribution in [0.25, 0.3) is 0 Å². The molecule has 4 heteroatoms. The molecule has 0 aromatic rings. The fraction of sp³-hybridized carbons (Fsp3) is 0.833. The van der Waals surface area contributed by atoms with E-state index < -0.39 is 0 Å². The molecule has 0 saturated heterocycles. The molecular weight excluding hydrogens is 278 g/mol. The van der Waals surface area contributed by atoms with Crippen LogP contribution in [0, 0.1) is 29.6 Å². The number of carbonyl (C=O) groups is 1. The van der Waals surface area contributed by atoms with Gasteiger partial charge in [-0.05, 0) is 57.8 Å². The lowest BCUT2D eigenvalue weighted by atomic mass is 10.1. The van der Waals surface area contributed by atoms with Crippen LogP contribution in [0.1, 0.15) is 52.9 Å². The van der Waals surface area contributed by atoms with E-state index in [4.69, 9.17) is 9.47 Å². The summed E-state index contributed by atoms with van der Waals surface area (Å²) >= 11 is 0. The van der Waals surface area contributed by atoms with E-state index in [2.05, 4.69) is 17.2 Å². The second-order valence-corrected chi connectivity index (χ2v) is 6.89. The minimum absolute atomic E-state index is 0.204. The normalized spacial score (nSPS) is 26.8. The van der Waals surface area contributed by atoms with Gasteiger partial charge in [0, 0.05) is 26.0 Å². The summed E-state index contributed by atoms with van der Waals surface area (Å²) in [7, 11) is 0. The molecule has 1 saturated carbocycles. The van der Waals surface area contributed by atoms with Crippen molar-refractivity contribution in [2.24, 2.45) is 17.8 Å². The van der Waals surface area contributed by atoms with Crippen LogP contribution < -0.4 is 5.32 Å². The van der Waals surface area contributed by atoms with Crippen LogP contribution in [0.4, 0.5) is 4.79 Å². The van der Waals surface area contributed by atoms with Crippen molar-refractivity contribution in [3.05, 3.63) is 0 Å². The van der Waals surface area contributed by atoms with Gasteiger partial charge in [-0.2, -0.15) is 0 Å². The molecule has 0 aliphatic heterocycles. The van der Waals surface area contributed by atoms with Crippen LogP contribution >= 0.6 is 0 Å². The number of amides is 1. The fourth-order valence-electron chi connectivity index (χ4n) is 3.43. The number of nitrogens with one attached hydrogen (secondary N) is 1. The SMILES string of the molecule is CCOC(C)(C)CCNC(=O)OC[C@@H]1[C@@H]2CCC#CCC[C@@H]21. The van der Waals surface area contributed by atoms with Gasteiger partial charge < -0.3 is 14.8 Å². The summed E-state index contributed by atoms with van der Waals surface area (Å²) in [6, 6.07) is 0. The van der Waals surface area contributed by atoms with Gasteiger partial charge in [0.15, 0.2) is 0 Å². The van der Waals surface area contributed by atoms with E-state index in [1.807, 2.05) is 20.8 Å². The first-order chi connectivity index (χ1) is 10.5. The van der Waals surface area contributed by atoms with Gasteiger partial charge in [-0.3, -0.25) is 0 Å². The van der Waals surface area contributed by atoms with E-state index in [9.17, 15) is 4.79 Å². The third-order valence-corrected chi connectivity index (χ3v) is 4.78. The summed E-state index contributed by atoms with van der Waals surface area (Å²) in [6.07, 6.45) is 4.79. The molecule has 2 aliphatic rings. The van der Waals surface area contributed by atoms with Crippen molar-refractivity contribution in [3.63, 3.8) is 0 Å². The van der Waals surface area contributed by atoms with E-state index >= 15 is 0 Å². The van der Waals surface area contributed by atoms with Crippen molar-refractivity contribution < 1.29 is 14.3 Å². The fourth-order valence-corrected chi connectivity index (χ4v) is 3.43. The Labute approximate surface area is 134 Å². The van der Waals surface area contributed by atoms with Crippen LogP contribution in [0.5, 0.6) is 0 Å². The number of alkyl carbamates (subject to hydrolysis) is 1. The predicted molar refractivity (Wildman–Crippen MR) is 86.4 cm³/mol. The van der Waals surface area contributed by atoms with E-state index in [1.165, 1.54) is 0 Å². The number of carbonyl (C=O) groups excluding carboxylic acids is 1. The summed E-state index contributed by atoms with van der Waals surface area (Å²) in [5.41, 5.74) is -0.204. The monoisotopic (exact) mass is 307 g/mol. The number of hydrogen-bond acceptors (Lipinski definition) is 3. The highest BCUT2D eigenvalue weighted by atomic mass is 16.5. The second-order valence-electron chi connectivity index (χ2n) is 6.89. The lowest BCUT2D eigenvalue weighted by Gasteiger charge is -2.24. The third-order valence-electron chi connectivity index (χ3n) is 4.78. The van der Waals surface area contributed by atoms with Gasteiger partial charge in [0.05, 0.1) is 12.2 Å². The molecule has 1 amide bonds. The van der Waals surface area contributed by atoms with Gasteiger partial charge in [-0.15, -0.1) is 11.8 Å². The first kappa shape index (κ1) is 17.1. The number of ether oxygens (including phenoxy) is 2. The maximum absolute atomic E-state index is 11.8. The third kappa shape index (κ3) is 5.21. The molecule has 0 unspecified atom stereocenters. The summed E-state index contributed by atoms with van der Waals surface area (Å²) < 4.78 is 11.0. The summed E-state index contributed by atoms with van der Waals surface area (Å²) in [5, 5.41) is 2.82. The highest BCUT2D eigenvalue weighted by molar-refractivity contribution is 5.67. The zero-order valence-corrected chi connectivity index (χ0v) is 14.1. The van der Waals surface area contributed by atoms with Gasteiger partial charge in [0.25, 0.3) is 0 Å². The van der Waals surface area contributed by atoms with Gasteiger partial charge >= 0.3 is 6.09 Å². The maximum atomic E-state index is 11.8. The van der Waals surface area contributed by atoms with Gasteiger partial charge in [0.1, 0.15) is 0 Å². The largest absolute Gasteiger partial charge is 0.449 e. The van der Waals surface area contributed by atoms with Gasteiger partial charge in [0.2, 0.25) is 0 Å². The number of hydrogen-bond donors (Lipinski definition) is 1. The Balaban J connectivity index is 1.59. The zero-order chi connectivity index (χ0) is 16.0. The summed E-state index contributed by atoms with van der Waals surface area (Å²) in [5.74, 6) is 8.39. The quantitative estimate of drug-likeness (QED) is 0.734. The number of fused-ring (bicyclic) bond motifs is 1. The lowest BCUT2D eigenvalue weighted by Crippen LogP contribution is -2.33. The van der Waals surface area contributed by atoms with E-state index in [-0.39, 0.29) is 11.7 Å². The number of rotatable bonds is 7. The minimum Gasteiger partial charge on any atom is -0.449 e. The molecule has 1 fully saturated rings. The Hall–Kier alpha value is -1.21. The van der Waals surface area contributed by atoms with Gasteiger partial charge in [-0.25, -0.2) is 4.79 Å². The Kier molecular flexibility index (Phi) is 6.14. The van der Waals surface area contributed by atoms with Crippen molar-refractivity contribution >= 4 is 6.09 Å². The van der Waals surface area contributed by atoms with Crippen molar-refractivity contribution in [3.8, 4) is 11.8 Å². The van der Waals surface area contributed by atoms with Crippen molar-refractivity contribution in [1.29, 1.82) is 0 Å². The first-order valence-corrected chi connectivity index (χ1v) is 8.54. The average Bonchev–Trinajstić information content (AvgIpc) is 3.06. The van der Waals surface area contributed by atoms with Crippen LogP contribution in [0.15, 0.2) is 0 Å². The smallest absolute Gasteiger partial charge is 0.407 e. The van der Waals surface area contributed by atoms with Crippen molar-refractivity contribution in [1.82, 2.24) is 5.32 Å². The molecule has 0 heterocycles. The molecule has 124 valence electrons. The van der Waals surface area contributed by atoms with Crippen molar-refractivity contribution in [2.45, 2.75) is 58.5 Å². The average molecular weight is 307 g/mol. The Morgan fingerprint density at radius 2 is 1.86 bits per heavy atom. The molecule has 0 spiro atoms. The Bertz CT molecular complexity index is 417. The van der Waals surface area contributed by atoms with E-state index in [1.54, 1.807) is 0 Å². The summed E-state index contributed by atoms with van der Waals surface area (Å²) in [6.45, 7) is 7.87. The molecule has 2 rings (SSSR count). The van der Waals surface area contributed by atoms with Crippen molar-refractivity contribution in [2.75, 3.05) is 19.8 Å². The lowest BCUT2D eigenvalue weighted by molar-refractivity contribution is -0.0155. The van der Waals surface area contributed by atoms with Crippen LogP contribution in [-0.2, 0) is 9.47 Å². The summed E-state index contributed by atoms with van der Waals surface area (Å²) in [4.78, 5) is 11.8. The van der Waals surface area contributed by atoms with E-state index in [0.717, 1.165) is 43.9 Å². The molecule has 1 N–H and O–H groups in total. The molecule has 3 atom stereocenters. The molecular formula is C18H29NO3. The minimum atomic E-state index is -0.303. The molecule has 0 bridgehead atoms. The Morgan fingerprint density at radius 3 is 2.45 bits per heavy atom. The molecule has 0 aromatic carbocycles. The highest BCUT2D eigenvalue weighted by Gasteiger charge is 2.49. The standard InChI is InChI=1S/C18H29NO3/c1-4-22-18(2,3)11-12-19-17(20)21-13-16-14-9-7-5-6-8-10-15(14)16/h14-16H,4,7-13H2,1-3H3,(H,19,20)/t14-,15+,16-. The van der Waals surface area contributed by atoms with Crippen LogP contribution in [0.2, 0.25) is 0 Å². The molecule has 0 radical (unpaired) electrons. The molecule has 4 nitrogen and oxygen atoms in total. The molecule has 2 aliphatic carbocycles. The van der Waals surface area contributed by atoms with Crippen LogP contribution in [0.3, 0.4) is 0 Å². The van der Waals surface area contributed by atoms with E-state index in [0.29, 0.717) is 25.7 Å². The molecule has 0 aromatic heterocycles. The first-order valence-electron chi connectivity index (χ1n) is 8.54. The zero-order valence-electron chi connectivity index (χ0n) is 14.1. The van der Waals surface area contributed by atoms with Crippen LogP contribution in [-0.4, -0.2) is 31.5 Å². The highest BCUT2D eigenvalue weighted by Crippen LogP contribution is 2.52. The molecule has 22 heavy (non-hydrogen) atoms. The topological polar surface area (TPSA) is 47.6 Å². The second kappa shape index (κ2) is 7.87. The Morgan fingerprint density at radius 1 is 1.23 bits per heavy atom.